The Morgan fingerprint density at radius 1 is 1.77 bits per heavy atom. The van der Waals surface area contributed by atoms with E-state index in [0.717, 1.165) is 25.1 Å². The molecule has 0 radical (unpaired) electrons. The minimum Gasteiger partial charge on any atom is -0.283 e. The van der Waals surface area contributed by atoms with Crippen LogP contribution < -0.4 is 0 Å². The van der Waals surface area contributed by atoms with Crippen LogP contribution >= 0.6 is 11.5 Å². The molecule has 0 spiro atoms. The van der Waals surface area contributed by atoms with E-state index < -0.39 is 0 Å². The third kappa shape index (κ3) is 1.55. The molecule has 0 N–H and O–H groups in total. The topological polar surface area (TPSA) is 52.8 Å². The second-order valence-corrected chi connectivity index (χ2v) is 4.01. The largest absolute Gasteiger partial charge is 0.283 e. The van der Waals surface area contributed by atoms with Gasteiger partial charge in [0.15, 0.2) is 0 Å². The summed E-state index contributed by atoms with van der Waals surface area (Å²) in [5.74, 6) is 0. The monoisotopic (exact) mass is 194 g/mol. The first-order valence-corrected chi connectivity index (χ1v) is 4.99. The van der Waals surface area contributed by atoms with E-state index >= 15 is 0 Å². The molecule has 0 amide bonds. The summed E-state index contributed by atoms with van der Waals surface area (Å²) >= 11 is 1.35. The van der Waals surface area contributed by atoms with Crippen LogP contribution in [0, 0.1) is 11.3 Å². The molecule has 1 heterocycles. The zero-order valence-electron chi connectivity index (χ0n) is 7.40. The maximum atomic E-state index is 8.93. The fraction of sp³-hybridized carbons (Fsp3) is 0.625. The van der Waals surface area contributed by atoms with Gasteiger partial charge in [0.05, 0.1) is 11.8 Å². The minimum absolute atomic E-state index is 0.205. The number of aromatic nitrogens is 2. The smallest absolute Gasteiger partial charge is 0.109 e. The van der Waals surface area contributed by atoms with E-state index in [-0.39, 0.29) is 5.54 Å². The van der Waals surface area contributed by atoms with Crippen molar-refractivity contribution in [3.8, 4) is 6.07 Å². The summed E-state index contributed by atoms with van der Waals surface area (Å²) < 4.78 is 3.79. The van der Waals surface area contributed by atoms with Gasteiger partial charge < -0.3 is 0 Å². The Labute approximate surface area is 81.0 Å². The lowest BCUT2D eigenvalue weighted by molar-refractivity contribution is 0.259. The Balaban J connectivity index is 2.00. The van der Waals surface area contributed by atoms with Crippen LogP contribution in [-0.4, -0.2) is 27.1 Å². The van der Waals surface area contributed by atoms with Crippen LogP contribution in [0.3, 0.4) is 0 Å². The van der Waals surface area contributed by atoms with Crippen molar-refractivity contribution in [3.63, 3.8) is 0 Å². The summed E-state index contributed by atoms with van der Waals surface area (Å²) in [6.45, 7) is 0.726. The first kappa shape index (κ1) is 8.60. The molecule has 1 aliphatic carbocycles. The first-order valence-electron chi connectivity index (χ1n) is 4.15. The molecule has 4 nitrogen and oxygen atoms in total. The van der Waals surface area contributed by atoms with Gasteiger partial charge in [-0.1, -0.05) is 4.49 Å². The maximum Gasteiger partial charge on any atom is 0.109 e. The summed E-state index contributed by atoms with van der Waals surface area (Å²) in [4.78, 5) is 2.06. The molecular formula is C8H10N4S. The Kier molecular flexibility index (Phi) is 2.02. The molecule has 68 valence electrons. The average Bonchev–Trinajstić information content (AvgIpc) is 2.79. The highest BCUT2D eigenvalue weighted by Gasteiger charge is 2.47. The Bertz CT molecular complexity index is 322. The number of hydrogen-bond donors (Lipinski definition) is 0. The molecule has 0 bridgehead atoms. The summed E-state index contributed by atoms with van der Waals surface area (Å²) in [7, 11) is 1.97. The standard InChI is InChI=1S/C8H10N4S/c1-12(8(6-9)2-3-8)4-7-5-13-11-10-7/h5H,2-4H2,1H3. The highest BCUT2D eigenvalue weighted by atomic mass is 32.1. The van der Waals surface area contributed by atoms with Crippen LogP contribution in [0.1, 0.15) is 18.5 Å². The first-order chi connectivity index (χ1) is 6.27. The van der Waals surface area contributed by atoms with Crippen molar-refractivity contribution in [2.45, 2.75) is 24.9 Å². The number of nitriles is 1. The third-order valence-corrected chi connectivity index (χ3v) is 3.02. The van der Waals surface area contributed by atoms with E-state index in [2.05, 4.69) is 20.6 Å². The van der Waals surface area contributed by atoms with Gasteiger partial charge in [-0.15, -0.1) is 5.10 Å². The van der Waals surface area contributed by atoms with E-state index in [1.165, 1.54) is 11.5 Å². The average molecular weight is 194 g/mol. The number of hydrogen-bond acceptors (Lipinski definition) is 5. The van der Waals surface area contributed by atoms with Gasteiger partial charge >= 0.3 is 0 Å². The predicted molar refractivity (Wildman–Crippen MR) is 49.0 cm³/mol. The molecular weight excluding hydrogens is 184 g/mol. The summed E-state index contributed by atoms with van der Waals surface area (Å²) in [6, 6.07) is 2.35. The van der Waals surface area contributed by atoms with Crippen molar-refractivity contribution >= 4 is 11.5 Å². The van der Waals surface area contributed by atoms with E-state index in [9.17, 15) is 0 Å². The highest BCUT2D eigenvalue weighted by Crippen LogP contribution is 2.40. The molecule has 2 rings (SSSR count). The molecule has 0 atom stereocenters. The molecule has 0 aromatic carbocycles. The van der Waals surface area contributed by atoms with Gasteiger partial charge in [-0.05, 0) is 31.4 Å². The third-order valence-electron chi connectivity index (χ3n) is 2.47. The Morgan fingerprint density at radius 2 is 2.54 bits per heavy atom. The SMILES string of the molecule is CN(Cc1csnn1)C1(C#N)CC1. The second-order valence-electron chi connectivity index (χ2n) is 3.40. The summed E-state index contributed by atoms with van der Waals surface area (Å²) in [5.41, 5.74) is 0.748. The second kappa shape index (κ2) is 3.05. The van der Waals surface area contributed by atoms with Crippen LogP contribution in [0.2, 0.25) is 0 Å². The zero-order chi connectivity index (χ0) is 9.31. The van der Waals surface area contributed by atoms with Gasteiger partial charge in [-0.3, -0.25) is 4.90 Å². The molecule has 5 heteroatoms. The molecule has 1 aliphatic rings. The lowest BCUT2D eigenvalue weighted by Gasteiger charge is -2.19. The van der Waals surface area contributed by atoms with E-state index in [1.807, 2.05) is 12.4 Å². The fourth-order valence-electron chi connectivity index (χ4n) is 1.34. The van der Waals surface area contributed by atoms with E-state index in [4.69, 9.17) is 5.26 Å². The van der Waals surface area contributed by atoms with Gasteiger partial charge in [-0.2, -0.15) is 5.26 Å². The Hall–Kier alpha value is -0.990. The maximum absolute atomic E-state index is 8.93. The van der Waals surface area contributed by atoms with Gasteiger partial charge in [0, 0.05) is 11.9 Å². The highest BCUT2D eigenvalue weighted by molar-refractivity contribution is 7.03. The zero-order valence-corrected chi connectivity index (χ0v) is 8.21. The van der Waals surface area contributed by atoms with Crippen molar-refractivity contribution in [1.82, 2.24) is 14.5 Å². The van der Waals surface area contributed by atoms with Crippen LogP contribution in [0.4, 0.5) is 0 Å². The molecule has 13 heavy (non-hydrogen) atoms. The molecule has 0 saturated heterocycles. The van der Waals surface area contributed by atoms with Gasteiger partial charge in [-0.25, -0.2) is 0 Å². The Morgan fingerprint density at radius 3 is 3.00 bits per heavy atom. The van der Waals surface area contributed by atoms with Gasteiger partial charge in [0.25, 0.3) is 0 Å². The van der Waals surface area contributed by atoms with Gasteiger partial charge in [0.2, 0.25) is 0 Å². The normalized spacial score (nSPS) is 18.5. The van der Waals surface area contributed by atoms with Gasteiger partial charge in [0.1, 0.15) is 5.54 Å². The quantitative estimate of drug-likeness (QED) is 0.721. The molecule has 0 unspecified atom stereocenters. The number of nitrogens with zero attached hydrogens (tertiary/aromatic N) is 4. The van der Waals surface area contributed by atoms with Crippen LogP contribution in [0.15, 0.2) is 5.38 Å². The van der Waals surface area contributed by atoms with E-state index in [0.29, 0.717) is 0 Å². The molecule has 0 aliphatic heterocycles. The molecule has 1 fully saturated rings. The lowest BCUT2D eigenvalue weighted by Crippen LogP contribution is -2.31. The van der Waals surface area contributed by atoms with Crippen molar-refractivity contribution in [2.24, 2.45) is 0 Å². The van der Waals surface area contributed by atoms with Crippen molar-refractivity contribution in [3.05, 3.63) is 11.1 Å². The van der Waals surface area contributed by atoms with E-state index in [1.54, 1.807) is 0 Å². The van der Waals surface area contributed by atoms with Crippen molar-refractivity contribution in [2.75, 3.05) is 7.05 Å². The minimum atomic E-state index is -0.205. The molecule has 1 aromatic heterocycles. The van der Waals surface area contributed by atoms with Crippen LogP contribution in [-0.2, 0) is 6.54 Å². The predicted octanol–water partition coefficient (Wildman–Crippen LogP) is 1.03. The summed E-state index contributed by atoms with van der Waals surface area (Å²) in [5, 5.41) is 14.8. The van der Waals surface area contributed by atoms with Crippen LogP contribution in [0.5, 0.6) is 0 Å². The molecule has 1 aromatic rings. The molecule has 1 saturated carbocycles. The van der Waals surface area contributed by atoms with Crippen LogP contribution in [0.25, 0.3) is 0 Å². The lowest BCUT2D eigenvalue weighted by atomic mass is 10.2. The van der Waals surface area contributed by atoms with Crippen molar-refractivity contribution < 1.29 is 0 Å². The number of rotatable bonds is 3. The fourth-order valence-corrected chi connectivity index (χ4v) is 1.79. The van der Waals surface area contributed by atoms with Crippen molar-refractivity contribution in [1.29, 1.82) is 5.26 Å². The summed E-state index contributed by atoms with van der Waals surface area (Å²) in [6.07, 6.45) is 1.97.